The number of rotatable bonds is 2. The van der Waals surface area contributed by atoms with Gasteiger partial charge in [-0.15, -0.1) is 0 Å². The summed E-state index contributed by atoms with van der Waals surface area (Å²) in [5.41, 5.74) is 8.46. The van der Waals surface area contributed by atoms with E-state index in [1.165, 1.54) is 18.5 Å². The maximum absolute atomic E-state index is 6.05. The highest BCUT2D eigenvalue weighted by atomic mass is 35.5. The minimum atomic E-state index is 0.0286. The van der Waals surface area contributed by atoms with Crippen LogP contribution in [0.2, 0.25) is 5.02 Å². The summed E-state index contributed by atoms with van der Waals surface area (Å²) in [6.07, 6.45) is 2.60. The Morgan fingerprint density at radius 2 is 2.24 bits per heavy atom. The van der Waals surface area contributed by atoms with Gasteiger partial charge >= 0.3 is 0 Å². The van der Waals surface area contributed by atoms with Crippen LogP contribution >= 0.6 is 11.6 Å². The van der Waals surface area contributed by atoms with Crippen molar-refractivity contribution in [1.82, 2.24) is 0 Å². The van der Waals surface area contributed by atoms with Gasteiger partial charge < -0.3 is 10.6 Å². The molecule has 2 N–H and O–H groups in total. The summed E-state index contributed by atoms with van der Waals surface area (Å²) >= 11 is 6.05. The molecule has 94 valence electrons. The van der Waals surface area contributed by atoms with Gasteiger partial charge in [0.1, 0.15) is 0 Å². The van der Waals surface area contributed by atoms with Crippen LogP contribution in [0.1, 0.15) is 38.3 Å². The van der Waals surface area contributed by atoms with Gasteiger partial charge in [0.25, 0.3) is 0 Å². The normalized spacial score (nSPS) is 22.6. The van der Waals surface area contributed by atoms with Crippen molar-refractivity contribution in [2.24, 2.45) is 11.7 Å². The molecular weight excluding hydrogens is 232 g/mol. The van der Waals surface area contributed by atoms with Gasteiger partial charge in [-0.1, -0.05) is 18.5 Å². The standard InChI is InChI=1S/C14H21ClN2/c1-10-4-3-7-17(9-10)14-6-5-12(15)8-13(14)11(2)16/h5-6,8,10-11H,3-4,7,9,16H2,1-2H3. The van der Waals surface area contributed by atoms with Crippen LogP contribution in [0.25, 0.3) is 0 Å². The lowest BCUT2D eigenvalue weighted by Crippen LogP contribution is -2.35. The first kappa shape index (κ1) is 12.7. The van der Waals surface area contributed by atoms with Crippen LogP contribution in [-0.4, -0.2) is 13.1 Å². The quantitative estimate of drug-likeness (QED) is 0.872. The summed E-state index contributed by atoms with van der Waals surface area (Å²) in [4.78, 5) is 2.45. The molecule has 1 aromatic rings. The van der Waals surface area contributed by atoms with Crippen molar-refractivity contribution in [3.8, 4) is 0 Å². The van der Waals surface area contributed by atoms with Gasteiger partial charge in [-0.05, 0) is 49.4 Å². The van der Waals surface area contributed by atoms with Gasteiger partial charge in [0.15, 0.2) is 0 Å². The lowest BCUT2D eigenvalue weighted by atomic mass is 9.97. The van der Waals surface area contributed by atoms with Crippen LogP contribution in [0.5, 0.6) is 0 Å². The van der Waals surface area contributed by atoms with Crippen molar-refractivity contribution in [2.75, 3.05) is 18.0 Å². The van der Waals surface area contributed by atoms with Crippen molar-refractivity contribution < 1.29 is 0 Å². The Morgan fingerprint density at radius 1 is 1.47 bits per heavy atom. The van der Waals surface area contributed by atoms with Gasteiger partial charge in [0, 0.05) is 29.8 Å². The molecular formula is C14H21ClN2. The number of nitrogens with zero attached hydrogens (tertiary/aromatic N) is 1. The highest BCUT2D eigenvalue weighted by Gasteiger charge is 2.20. The third-order valence-corrected chi connectivity index (χ3v) is 3.71. The first-order chi connectivity index (χ1) is 8.08. The third kappa shape index (κ3) is 2.93. The lowest BCUT2D eigenvalue weighted by molar-refractivity contribution is 0.446. The molecule has 2 atom stereocenters. The molecule has 0 spiro atoms. The molecule has 0 saturated carbocycles. The van der Waals surface area contributed by atoms with Gasteiger partial charge in [-0.3, -0.25) is 0 Å². The number of piperidine rings is 1. The molecule has 2 rings (SSSR count). The van der Waals surface area contributed by atoms with Gasteiger partial charge in [0.05, 0.1) is 0 Å². The number of anilines is 1. The predicted octanol–water partition coefficient (Wildman–Crippen LogP) is 3.60. The molecule has 0 radical (unpaired) electrons. The molecule has 1 saturated heterocycles. The summed E-state index contributed by atoms with van der Waals surface area (Å²) in [5, 5.41) is 0.770. The Bertz CT molecular complexity index is 390. The van der Waals surface area contributed by atoms with E-state index in [9.17, 15) is 0 Å². The highest BCUT2D eigenvalue weighted by molar-refractivity contribution is 6.30. The summed E-state index contributed by atoms with van der Waals surface area (Å²) < 4.78 is 0. The van der Waals surface area contributed by atoms with E-state index >= 15 is 0 Å². The maximum Gasteiger partial charge on any atom is 0.0415 e. The Hall–Kier alpha value is -0.730. The van der Waals surface area contributed by atoms with Crippen LogP contribution in [-0.2, 0) is 0 Å². The topological polar surface area (TPSA) is 29.3 Å². The second kappa shape index (κ2) is 5.28. The Labute approximate surface area is 109 Å². The Kier molecular flexibility index (Phi) is 3.95. The molecule has 0 aromatic heterocycles. The molecule has 3 heteroatoms. The molecule has 1 aromatic carbocycles. The van der Waals surface area contributed by atoms with Crippen molar-refractivity contribution in [1.29, 1.82) is 0 Å². The highest BCUT2D eigenvalue weighted by Crippen LogP contribution is 2.31. The van der Waals surface area contributed by atoms with Crippen LogP contribution in [0.3, 0.4) is 0 Å². The van der Waals surface area contributed by atoms with E-state index in [0.717, 1.165) is 29.6 Å². The number of halogens is 1. The molecule has 0 aliphatic carbocycles. The van der Waals surface area contributed by atoms with Gasteiger partial charge in [0.2, 0.25) is 0 Å². The van der Waals surface area contributed by atoms with Crippen LogP contribution in [0.4, 0.5) is 5.69 Å². The van der Waals surface area contributed by atoms with Crippen molar-refractivity contribution >= 4 is 17.3 Å². The van der Waals surface area contributed by atoms with Crippen molar-refractivity contribution in [3.63, 3.8) is 0 Å². The van der Waals surface area contributed by atoms with E-state index in [0.29, 0.717) is 0 Å². The second-order valence-electron chi connectivity index (χ2n) is 5.19. The fourth-order valence-electron chi connectivity index (χ4n) is 2.59. The number of nitrogens with two attached hydrogens (primary N) is 1. The van der Waals surface area contributed by atoms with E-state index in [2.05, 4.69) is 17.9 Å². The minimum Gasteiger partial charge on any atom is -0.371 e. The molecule has 2 unspecified atom stereocenters. The summed E-state index contributed by atoms with van der Waals surface area (Å²) in [5.74, 6) is 0.764. The van der Waals surface area contributed by atoms with E-state index in [1.807, 2.05) is 19.1 Å². The molecule has 2 nitrogen and oxygen atoms in total. The smallest absolute Gasteiger partial charge is 0.0415 e. The molecule has 1 aliphatic rings. The van der Waals surface area contributed by atoms with Crippen LogP contribution in [0, 0.1) is 5.92 Å². The van der Waals surface area contributed by atoms with Crippen molar-refractivity contribution in [2.45, 2.75) is 32.7 Å². The zero-order valence-corrected chi connectivity index (χ0v) is 11.4. The van der Waals surface area contributed by atoms with Gasteiger partial charge in [-0.25, -0.2) is 0 Å². The monoisotopic (exact) mass is 252 g/mol. The maximum atomic E-state index is 6.05. The largest absolute Gasteiger partial charge is 0.371 e. The van der Waals surface area contributed by atoms with Crippen molar-refractivity contribution in [3.05, 3.63) is 28.8 Å². The lowest BCUT2D eigenvalue weighted by Gasteiger charge is -2.34. The first-order valence-corrected chi connectivity index (χ1v) is 6.75. The predicted molar refractivity (Wildman–Crippen MR) is 74.7 cm³/mol. The average Bonchev–Trinajstić information content (AvgIpc) is 2.28. The average molecular weight is 253 g/mol. The van der Waals surface area contributed by atoms with Gasteiger partial charge in [-0.2, -0.15) is 0 Å². The molecule has 17 heavy (non-hydrogen) atoms. The molecule has 1 fully saturated rings. The second-order valence-corrected chi connectivity index (χ2v) is 5.62. The van der Waals surface area contributed by atoms with E-state index in [1.54, 1.807) is 0 Å². The molecule has 1 aliphatic heterocycles. The molecule has 0 bridgehead atoms. The zero-order chi connectivity index (χ0) is 12.4. The summed E-state index contributed by atoms with van der Waals surface area (Å²) in [6.45, 7) is 6.59. The number of hydrogen-bond donors (Lipinski definition) is 1. The minimum absolute atomic E-state index is 0.0286. The number of hydrogen-bond acceptors (Lipinski definition) is 2. The van der Waals surface area contributed by atoms with E-state index < -0.39 is 0 Å². The van der Waals surface area contributed by atoms with Crippen LogP contribution in [0.15, 0.2) is 18.2 Å². The Balaban J connectivity index is 2.30. The molecule has 1 heterocycles. The fourth-order valence-corrected chi connectivity index (χ4v) is 2.77. The summed E-state index contributed by atoms with van der Waals surface area (Å²) in [6, 6.07) is 6.10. The Morgan fingerprint density at radius 3 is 2.88 bits per heavy atom. The first-order valence-electron chi connectivity index (χ1n) is 6.38. The zero-order valence-electron chi connectivity index (χ0n) is 10.6. The fraction of sp³-hybridized carbons (Fsp3) is 0.571. The third-order valence-electron chi connectivity index (χ3n) is 3.48. The van der Waals surface area contributed by atoms with E-state index in [4.69, 9.17) is 17.3 Å². The van der Waals surface area contributed by atoms with Crippen LogP contribution < -0.4 is 10.6 Å². The molecule has 0 amide bonds. The summed E-state index contributed by atoms with van der Waals surface area (Å²) in [7, 11) is 0. The van der Waals surface area contributed by atoms with E-state index in [-0.39, 0.29) is 6.04 Å². The SMILES string of the molecule is CC1CCCN(c2ccc(Cl)cc2C(C)N)C1. The number of benzene rings is 1.